The summed E-state index contributed by atoms with van der Waals surface area (Å²) in [5.41, 5.74) is 0.309. The van der Waals surface area contributed by atoms with Crippen LogP contribution in [0, 0.1) is 0 Å². The van der Waals surface area contributed by atoms with Crippen LogP contribution in [0.3, 0.4) is 0 Å². The number of hydrogen-bond acceptors (Lipinski definition) is 5. The van der Waals surface area contributed by atoms with Gasteiger partial charge in [0.1, 0.15) is 0 Å². The highest BCUT2D eigenvalue weighted by Gasteiger charge is 2.26. The first kappa shape index (κ1) is 15.3. The predicted octanol–water partition coefficient (Wildman–Crippen LogP) is 2.58. The Kier molecular flexibility index (Phi) is 4.75. The van der Waals surface area contributed by atoms with Crippen LogP contribution in [0.1, 0.15) is 26.3 Å². The molecule has 0 aliphatic carbocycles. The van der Waals surface area contributed by atoms with Crippen LogP contribution in [0.25, 0.3) is 0 Å². The lowest BCUT2D eigenvalue weighted by Crippen LogP contribution is -2.36. The van der Waals surface area contributed by atoms with Crippen LogP contribution < -0.4 is 10.1 Å². The monoisotopic (exact) mass is 287 g/mol. The number of benzene rings is 1. The Morgan fingerprint density at radius 1 is 1.24 bits per heavy atom. The highest BCUT2D eigenvalue weighted by Crippen LogP contribution is 2.24. The molecular formula is C16H21N3O2. The van der Waals surface area contributed by atoms with Crippen LogP contribution in [0.5, 0.6) is 5.88 Å². The topological polar surface area (TPSA) is 67.3 Å². The summed E-state index contributed by atoms with van der Waals surface area (Å²) >= 11 is 0. The number of hydrogen-bond donors (Lipinski definition) is 2. The van der Waals surface area contributed by atoms with Gasteiger partial charge in [-0.15, -0.1) is 0 Å². The van der Waals surface area contributed by atoms with E-state index in [-0.39, 0.29) is 12.7 Å². The van der Waals surface area contributed by atoms with E-state index < -0.39 is 5.54 Å². The zero-order valence-corrected chi connectivity index (χ0v) is 12.6. The Morgan fingerprint density at radius 2 is 1.95 bits per heavy atom. The predicted molar refractivity (Wildman–Crippen MR) is 82.3 cm³/mol. The molecule has 2 aromatic rings. The van der Waals surface area contributed by atoms with Crippen molar-refractivity contribution in [1.29, 1.82) is 0 Å². The molecule has 0 radical (unpaired) electrons. The van der Waals surface area contributed by atoms with Gasteiger partial charge in [-0.25, -0.2) is 4.98 Å². The van der Waals surface area contributed by atoms with Gasteiger partial charge < -0.3 is 15.2 Å². The molecule has 5 heteroatoms. The fraction of sp³-hybridized carbons (Fsp3) is 0.375. The van der Waals surface area contributed by atoms with E-state index in [1.54, 1.807) is 12.3 Å². The second-order valence-corrected chi connectivity index (χ2v) is 5.37. The van der Waals surface area contributed by atoms with E-state index in [0.717, 1.165) is 5.56 Å². The van der Waals surface area contributed by atoms with Crippen molar-refractivity contribution in [3.8, 4) is 5.88 Å². The van der Waals surface area contributed by atoms with E-state index in [9.17, 15) is 5.11 Å². The molecule has 0 aliphatic heterocycles. The Balaban J connectivity index is 2.22. The van der Waals surface area contributed by atoms with Gasteiger partial charge in [0, 0.05) is 12.3 Å². The Bertz CT molecular complexity index is 575. The van der Waals surface area contributed by atoms with Gasteiger partial charge in [-0.2, -0.15) is 4.98 Å². The third-order valence-electron chi connectivity index (χ3n) is 3.10. The van der Waals surface area contributed by atoms with Crippen LogP contribution >= 0.6 is 0 Å². The SMILES string of the molecule is CC(C)Oc1ccnc(NC(C)(CO)c2ccccc2)n1. The van der Waals surface area contributed by atoms with Gasteiger partial charge >= 0.3 is 0 Å². The second-order valence-electron chi connectivity index (χ2n) is 5.37. The van der Waals surface area contributed by atoms with Crippen LogP contribution in [0.2, 0.25) is 0 Å². The molecular weight excluding hydrogens is 266 g/mol. The number of ether oxygens (including phenoxy) is 1. The first-order valence-corrected chi connectivity index (χ1v) is 6.98. The zero-order valence-electron chi connectivity index (χ0n) is 12.6. The van der Waals surface area contributed by atoms with Crippen LogP contribution in [-0.2, 0) is 5.54 Å². The number of aliphatic hydroxyl groups is 1. The van der Waals surface area contributed by atoms with Crippen molar-refractivity contribution < 1.29 is 9.84 Å². The summed E-state index contributed by atoms with van der Waals surface area (Å²) in [6, 6.07) is 11.4. The molecule has 2 rings (SSSR count). The minimum atomic E-state index is -0.655. The van der Waals surface area contributed by atoms with Crippen molar-refractivity contribution in [2.75, 3.05) is 11.9 Å². The normalized spacial score (nSPS) is 13.8. The maximum absolute atomic E-state index is 9.77. The van der Waals surface area contributed by atoms with Crippen LogP contribution in [-0.4, -0.2) is 27.8 Å². The largest absolute Gasteiger partial charge is 0.475 e. The van der Waals surface area contributed by atoms with Crippen molar-refractivity contribution in [3.05, 3.63) is 48.2 Å². The van der Waals surface area contributed by atoms with E-state index >= 15 is 0 Å². The van der Waals surface area contributed by atoms with Crippen molar-refractivity contribution in [2.24, 2.45) is 0 Å². The molecule has 0 saturated carbocycles. The molecule has 0 amide bonds. The van der Waals surface area contributed by atoms with Gasteiger partial charge in [0.15, 0.2) is 0 Å². The summed E-state index contributed by atoms with van der Waals surface area (Å²) in [7, 11) is 0. The summed E-state index contributed by atoms with van der Waals surface area (Å²) in [6.07, 6.45) is 1.68. The summed E-state index contributed by atoms with van der Waals surface area (Å²) < 4.78 is 5.56. The molecule has 0 fully saturated rings. The van der Waals surface area contributed by atoms with Gasteiger partial charge in [0.25, 0.3) is 0 Å². The van der Waals surface area contributed by atoms with E-state index in [2.05, 4.69) is 15.3 Å². The summed E-state index contributed by atoms with van der Waals surface area (Å²) in [6.45, 7) is 5.71. The first-order valence-electron chi connectivity index (χ1n) is 6.98. The maximum Gasteiger partial charge on any atom is 0.226 e. The molecule has 0 aliphatic rings. The quantitative estimate of drug-likeness (QED) is 0.854. The maximum atomic E-state index is 9.77. The van der Waals surface area contributed by atoms with Gasteiger partial charge in [-0.1, -0.05) is 30.3 Å². The highest BCUT2D eigenvalue weighted by atomic mass is 16.5. The van der Waals surface area contributed by atoms with Crippen LogP contribution in [0.15, 0.2) is 42.6 Å². The van der Waals surface area contributed by atoms with E-state index in [4.69, 9.17) is 4.74 Å². The molecule has 1 heterocycles. The van der Waals surface area contributed by atoms with Gasteiger partial charge in [0.05, 0.1) is 18.2 Å². The standard InChI is InChI=1S/C16H21N3O2/c1-12(2)21-14-9-10-17-15(18-14)19-16(3,11-20)13-7-5-4-6-8-13/h4-10,12,20H,11H2,1-3H3,(H,17,18,19). The molecule has 0 bridgehead atoms. The van der Waals surface area contributed by atoms with Gasteiger partial charge in [-0.05, 0) is 26.3 Å². The van der Waals surface area contributed by atoms with Crippen molar-refractivity contribution in [1.82, 2.24) is 9.97 Å². The molecule has 1 aromatic carbocycles. The van der Waals surface area contributed by atoms with Crippen molar-refractivity contribution in [2.45, 2.75) is 32.4 Å². The third kappa shape index (κ3) is 3.92. The second kappa shape index (κ2) is 6.54. The average molecular weight is 287 g/mol. The number of nitrogens with zero attached hydrogens (tertiary/aromatic N) is 2. The zero-order chi connectivity index (χ0) is 15.3. The summed E-state index contributed by atoms with van der Waals surface area (Å²) in [5, 5.41) is 12.9. The number of rotatable bonds is 6. The molecule has 1 atom stereocenters. The summed E-state index contributed by atoms with van der Waals surface area (Å²) in [4.78, 5) is 8.51. The highest BCUT2D eigenvalue weighted by molar-refractivity contribution is 5.37. The molecule has 5 nitrogen and oxygen atoms in total. The van der Waals surface area contributed by atoms with Crippen LogP contribution in [0.4, 0.5) is 5.95 Å². The molecule has 112 valence electrons. The molecule has 0 spiro atoms. The smallest absolute Gasteiger partial charge is 0.226 e. The van der Waals surface area contributed by atoms with E-state index in [0.29, 0.717) is 11.8 Å². The Labute approximate surface area is 125 Å². The number of nitrogens with one attached hydrogen (secondary N) is 1. The third-order valence-corrected chi connectivity index (χ3v) is 3.10. The number of aromatic nitrogens is 2. The Hall–Kier alpha value is -2.14. The van der Waals surface area contributed by atoms with Gasteiger partial charge in [-0.3, -0.25) is 0 Å². The lowest BCUT2D eigenvalue weighted by atomic mass is 9.93. The van der Waals surface area contributed by atoms with Crippen molar-refractivity contribution in [3.63, 3.8) is 0 Å². The molecule has 0 saturated heterocycles. The van der Waals surface area contributed by atoms with E-state index in [1.807, 2.05) is 51.1 Å². The molecule has 1 aromatic heterocycles. The lowest BCUT2D eigenvalue weighted by Gasteiger charge is -2.29. The molecule has 21 heavy (non-hydrogen) atoms. The van der Waals surface area contributed by atoms with Gasteiger partial charge in [0.2, 0.25) is 11.8 Å². The lowest BCUT2D eigenvalue weighted by molar-refractivity contribution is 0.221. The molecule has 2 N–H and O–H groups in total. The number of anilines is 1. The summed E-state index contributed by atoms with van der Waals surface area (Å²) in [5.74, 6) is 0.935. The average Bonchev–Trinajstić information content (AvgIpc) is 2.47. The van der Waals surface area contributed by atoms with E-state index in [1.165, 1.54) is 0 Å². The minimum Gasteiger partial charge on any atom is -0.475 e. The Morgan fingerprint density at radius 3 is 2.57 bits per heavy atom. The first-order chi connectivity index (χ1) is 10.0. The fourth-order valence-corrected chi connectivity index (χ4v) is 1.97. The fourth-order valence-electron chi connectivity index (χ4n) is 1.97. The number of aliphatic hydroxyl groups excluding tert-OH is 1. The minimum absolute atomic E-state index is 0.0473. The molecule has 1 unspecified atom stereocenters. The van der Waals surface area contributed by atoms with Crippen molar-refractivity contribution >= 4 is 5.95 Å².